The zero-order valence-corrected chi connectivity index (χ0v) is 13.0. The van der Waals surface area contributed by atoms with Crippen LogP contribution in [-0.2, 0) is 4.79 Å². The van der Waals surface area contributed by atoms with Gasteiger partial charge in [-0.3, -0.25) is 10.1 Å². The molecular formula is C15H20N2O2S. The van der Waals surface area contributed by atoms with Gasteiger partial charge in [-0.1, -0.05) is 18.2 Å². The summed E-state index contributed by atoms with van der Waals surface area (Å²) in [6.45, 7) is 5.91. The van der Waals surface area contributed by atoms with Crippen molar-refractivity contribution in [2.75, 3.05) is 7.11 Å². The Kier molecular flexibility index (Phi) is 5.70. The van der Waals surface area contributed by atoms with Gasteiger partial charge in [-0.2, -0.15) is 0 Å². The van der Waals surface area contributed by atoms with E-state index in [0.717, 1.165) is 5.56 Å². The Balaban J connectivity index is 2.62. The molecule has 0 aliphatic rings. The maximum absolute atomic E-state index is 11.7. The average Bonchev–Trinajstić information content (AvgIpc) is 2.34. The number of thiocarbonyl (C=S) groups is 1. The van der Waals surface area contributed by atoms with Crippen molar-refractivity contribution in [1.29, 1.82) is 0 Å². The van der Waals surface area contributed by atoms with Crippen molar-refractivity contribution in [3.63, 3.8) is 0 Å². The summed E-state index contributed by atoms with van der Waals surface area (Å²) >= 11 is 5.06. The second-order valence-electron chi connectivity index (χ2n) is 5.27. The number of ether oxygens (including phenoxy) is 1. The molecular weight excluding hydrogens is 272 g/mol. The van der Waals surface area contributed by atoms with Crippen LogP contribution in [0.1, 0.15) is 26.3 Å². The first-order chi connectivity index (χ1) is 9.31. The van der Waals surface area contributed by atoms with Crippen LogP contribution in [0.5, 0.6) is 5.75 Å². The lowest BCUT2D eigenvalue weighted by Crippen LogP contribution is -2.47. The molecule has 2 N–H and O–H groups in total. The number of para-hydroxylation sites is 1. The molecule has 0 atom stereocenters. The number of hydrogen-bond acceptors (Lipinski definition) is 3. The molecule has 0 heterocycles. The van der Waals surface area contributed by atoms with Crippen molar-refractivity contribution >= 4 is 29.3 Å². The SMILES string of the molecule is COc1ccccc1/C=C/C(=O)NC(=S)NC(C)(C)C. The van der Waals surface area contributed by atoms with E-state index in [1.165, 1.54) is 6.08 Å². The molecule has 0 spiro atoms. The Morgan fingerprint density at radius 1 is 1.30 bits per heavy atom. The van der Waals surface area contributed by atoms with Gasteiger partial charge in [0, 0.05) is 17.2 Å². The predicted octanol–water partition coefficient (Wildman–Crippen LogP) is 2.50. The quantitative estimate of drug-likeness (QED) is 0.664. The van der Waals surface area contributed by atoms with Crippen LogP contribution in [0.4, 0.5) is 0 Å². The summed E-state index contributed by atoms with van der Waals surface area (Å²) in [6.07, 6.45) is 3.11. The Bertz CT molecular complexity index is 519. The maximum atomic E-state index is 11.7. The molecule has 0 radical (unpaired) electrons. The fraction of sp³-hybridized carbons (Fsp3) is 0.333. The van der Waals surface area contributed by atoms with Gasteiger partial charge in [0.25, 0.3) is 0 Å². The van der Waals surface area contributed by atoms with E-state index in [0.29, 0.717) is 10.9 Å². The molecule has 0 bridgehead atoms. The summed E-state index contributed by atoms with van der Waals surface area (Å²) in [4.78, 5) is 11.7. The zero-order valence-electron chi connectivity index (χ0n) is 12.2. The summed E-state index contributed by atoms with van der Waals surface area (Å²) < 4.78 is 5.20. The van der Waals surface area contributed by atoms with Gasteiger partial charge in [0.2, 0.25) is 5.91 Å². The minimum atomic E-state index is -0.280. The van der Waals surface area contributed by atoms with E-state index < -0.39 is 0 Å². The highest BCUT2D eigenvalue weighted by atomic mass is 32.1. The van der Waals surface area contributed by atoms with Crippen molar-refractivity contribution in [2.45, 2.75) is 26.3 Å². The minimum absolute atomic E-state index is 0.184. The molecule has 1 rings (SSSR count). The Morgan fingerprint density at radius 3 is 2.55 bits per heavy atom. The van der Waals surface area contributed by atoms with E-state index in [2.05, 4.69) is 10.6 Å². The summed E-state index contributed by atoms with van der Waals surface area (Å²) in [6, 6.07) is 7.46. The van der Waals surface area contributed by atoms with Crippen LogP contribution in [-0.4, -0.2) is 23.7 Å². The van der Waals surface area contributed by atoms with Crippen molar-refractivity contribution < 1.29 is 9.53 Å². The molecule has 0 aromatic heterocycles. The lowest BCUT2D eigenvalue weighted by Gasteiger charge is -2.22. The fourth-order valence-electron chi connectivity index (χ4n) is 1.49. The van der Waals surface area contributed by atoms with Crippen molar-refractivity contribution in [1.82, 2.24) is 10.6 Å². The van der Waals surface area contributed by atoms with Gasteiger partial charge < -0.3 is 10.1 Å². The topological polar surface area (TPSA) is 50.4 Å². The van der Waals surface area contributed by atoms with Gasteiger partial charge in [-0.15, -0.1) is 0 Å². The molecule has 1 aromatic rings. The first-order valence-corrected chi connectivity index (χ1v) is 6.67. The highest BCUT2D eigenvalue weighted by molar-refractivity contribution is 7.80. The summed E-state index contributed by atoms with van der Waals surface area (Å²) in [5.74, 6) is 0.435. The number of nitrogens with one attached hydrogen (secondary N) is 2. The summed E-state index contributed by atoms with van der Waals surface area (Å²) in [5.41, 5.74) is 0.649. The van der Waals surface area contributed by atoms with Crippen LogP contribution in [0.2, 0.25) is 0 Å². The van der Waals surface area contributed by atoms with Gasteiger partial charge in [0.05, 0.1) is 7.11 Å². The van der Waals surface area contributed by atoms with Crippen molar-refractivity contribution in [3.8, 4) is 5.75 Å². The van der Waals surface area contributed by atoms with Gasteiger partial charge in [0.1, 0.15) is 5.75 Å². The van der Waals surface area contributed by atoms with Gasteiger partial charge in [0.15, 0.2) is 5.11 Å². The van der Waals surface area contributed by atoms with Crippen LogP contribution in [0.15, 0.2) is 30.3 Å². The molecule has 0 aliphatic heterocycles. The third-order valence-corrected chi connectivity index (χ3v) is 2.48. The number of rotatable bonds is 3. The van der Waals surface area contributed by atoms with Crippen LogP contribution in [0.3, 0.4) is 0 Å². The highest BCUT2D eigenvalue weighted by Crippen LogP contribution is 2.18. The number of carbonyl (C=O) groups excluding carboxylic acids is 1. The monoisotopic (exact) mass is 292 g/mol. The fourth-order valence-corrected chi connectivity index (χ4v) is 1.90. The van der Waals surface area contributed by atoms with E-state index in [1.807, 2.05) is 45.0 Å². The van der Waals surface area contributed by atoms with E-state index >= 15 is 0 Å². The second kappa shape index (κ2) is 7.05. The first kappa shape index (κ1) is 16.2. The Hall–Kier alpha value is -1.88. The van der Waals surface area contributed by atoms with Gasteiger partial charge in [-0.25, -0.2) is 0 Å². The molecule has 108 valence electrons. The Morgan fingerprint density at radius 2 is 1.95 bits per heavy atom. The van der Waals surface area contributed by atoms with Crippen LogP contribution >= 0.6 is 12.2 Å². The molecule has 1 aromatic carbocycles. The van der Waals surface area contributed by atoms with Crippen LogP contribution < -0.4 is 15.4 Å². The molecule has 5 heteroatoms. The number of benzene rings is 1. The van der Waals surface area contributed by atoms with Crippen LogP contribution in [0.25, 0.3) is 6.08 Å². The second-order valence-corrected chi connectivity index (χ2v) is 5.68. The standard InChI is InChI=1S/C15H20N2O2S/c1-15(2,3)17-14(20)16-13(18)10-9-11-7-5-6-8-12(11)19-4/h5-10H,1-4H3,(H2,16,17,18,20)/b10-9+. The molecule has 4 nitrogen and oxygen atoms in total. The van der Waals surface area contributed by atoms with E-state index in [9.17, 15) is 4.79 Å². The van der Waals surface area contributed by atoms with Gasteiger partial charge >= 0.3 is 0 Å². The minimum Gasteiger partial charge on any atom is -0.496 e. The maximum Gasteiger partial charge on any atom is 0.250 e. The van der Waals surface area contributed by atoms with Crippen LogP contribution in [0, 0.1) is 0 Å². The highest BCUT2D eigenvalue weighted by Gasteiger charge is 2.11. The third kappa shape index (κ3) is 5.84. The predicted molar refractivity (Wildman–Crippen MR) is 85.7 cm³/mol. The molecule has 0 fully saturated rings. The third-order valence-electron chi connectivity index (χ3n) is 2.28. The Labute approximate surface area is 125 Å². The smallest absolute Gasteiger partial charge is 0.250 e. The summed E-state index contributed by atoms with van der Waals surface area (Å²) in [7, 11) is 1.59. The molecule has 0 aliphatic carbocycles. The summed E-state index contributed by atoms with van der Waals surface area (Å²) in [5, 5.41) is 5.92. The van der Waals surface area contributed by atoms with E-state index in [-0.39, 0.29) is 11.4 Å². The van der Waals surface area contributed by atoms with Gasteiger partial charge in [-0.05, 0) is 45.1 Å². The van der Waals surface area contributed by atoms with E-state index in [4.69, 9.17) is 17.0 Å². The lowest BCUT2D eigenvalue weighted by molar-refractivity contribution is -0.115. The molecule has 0 saturated carbocycles. The first-order valence-electron chi connectivity index (χ1n) is 6.26. The van der Waals surface area contributed by atoms with E-state index in [1.54, 1.807) is 13.2 Å². The normalized spacial score (nSPS) is 11.2. The lowest BCUT2D eigenvalue weighted by atomic mass is 10.1. The largest absolute Gasteiger partial charge is 0.496 e. The zero-order chi connectivity index (χ0) is 15.2. The van der Waals surface area contributed by atoms with Crippen molar-refractivity contribution in [3.05, 3.63) is 35.9 Å². The number of carbonyl (C=O) groups is 1. The number of methoxy groups -OCH3 is 1. The molecule has 0 saturated heterocycles. The average molecular weight is 292 g/mol. The van der Waals surface area contributed by atoms with Crippen molar-refractivity contribution in [2.24, 2.45) is 0 Å². The molecule has 0 unspecified atom stereocenters. The number of amides is 1. The molecule has 1 amide bonds. The molecule has 20 heavy (non-hydrogen) atoms. The number of hydrogen-bond donors (Lipinski definition) is 2.